The molecule has 100 valence electrons. The van der Waals surface area contributed by atoms with E-state index >= 15 is 0 Å². The fourth-order valence-electron chi connectivity index (χ4n) is 0.829. The van der Waals surface area contributed by atoms with Gasteiger partial charge in [0, 0.05) is 5.57 Å². The van der Waals surface area contributed by atoms with Crippen LogP contribution < -0.4 is 0 Å². The summed E-state index contributed by atoms with van der Waals surface area (Å²) in [4.78, 5) is 11.0. The third-order valence-corrected chi connectivity index (χ3v) is 4.21. The van der Waals surface area contributed by atoms with Crippen molar-refractivity contribution >= 4 is 15.8 Å². The van der Waals surface area contributed by atoms with Crippen LogP contribution >= 0.6 is 0 Å². The number of hydrogen-bond donors (Lipinski definition) is 0. The lowest BCUT2D eigenvalue weighted by atomic mass is 10.4. The first-order chi connectivity index (χ1) is 7.77. The summed E-state index contributed by atoms with van der Waals surface area (Å²) < 4.78 is 32.6. The van der Waals surface area contributed by atoms with Crippen LogP contribution in [0.3, 0.4) is 0 Å². The zero-order chi connectivity index (χ0) is 13.5. The molecule has 0 aliphatic rings. The van der Waals surface area contributed by atoms with Gasteiger partial charge in [0.1, 0.15) is 6.61 Å². The topological polar surface area (TPSA) is 69.7 Å². The molecule has 0 fully saturated rings. The average Bonchev–Trinajstić information content (AvgIpc) is 2.22. The van der Waals surface area contributed by atoms with E-state index in [-0.39, 0.29) is 25.6 Å². The number of carbonyl (C=O) groups excluding carboxylic acids is 1. The minimum absolute atomic E-state index is 0.0148. The van der Waals surface area contributed by atoms with Crippen molar-refractivity contribution in [1.82, 2.24) is 0 Å². The van der Waals surface area contributed by atoms with Gasteiger partial charge in [-0.2, -0.15) is 0 Å². The highest BCUT2D eigenvalue weighted by atomic mass is 32.2. The smallest absolute Gasteiger partial charge is 0.333 e. The number of carbonyl (C=O) groups is 1. The third kappa shape index (κ3) is 7.12. The SMILES string of the molecule is C=C(C)C(=O)OCCOCCS(=O)(=O)C(C)C. The molecule has 0 bridgehead atoms. The van der Waals surface area contributed by atoms with Gasteiger partial charge in [0.2, 0.25) is 0 Å². The minimum atomic E-state index is -3.06. The van der Waals surface area contributed by atoms with E-state index in [2.05, 4.69) is 6.58 Å². The molecular formula is C11H20O5S. The van der Waals surface area contributed by atoms with E-state index in [1.807, 2.05) is 0 Å². The molecule has 0 saturated heterocycles. The lowest BCUT2D eigenvalue weighted by Crippen LogP contribution is -2.22. The van der Waals surface area contributed by atoms with Crippen molar-refractivity contribution in [2.24, 2.45) is 0 Å². The minimum Gasteiger partial charge on any atom is -0.460 e. The first-order valence-electron chi connectivity index (χ1n) is 5.39. The molecule has 0 amide bonds. The highest BCUT2D eigenvalue weighted by Crippen LogP contribution is 2.00. The number of rotatable bonds is 8. The van der Waals surface area contributed by atoms with Gasteiger partial charge in [0.25, 0.3) is 0 Å². The van der Waals surface area contributed by atoms with Gasteiger partial charge in [-0.15, -0.1) is 0 Å². The van der Waals surface area contributed by atoms with E-state index < -0.39 is 21.1 Å². The molecule has 0 aromatic carbocycles. The molecule has 0 radical (unpaired) electrons. The van der Waals surface area contributed by atoms with Crippen LogP contribution in [0.2, 0.25) is 0 Å². The molecule has 0 aromatic heterocycles. The molecule has 0 saturated carbocycles. The van der Waals surface area contributed by atoms with Crippen LogP contribution in [-0.4, -0.2) is 45.2 Å². The summed E-state index contributed by atoms with van der Waals surface area (Å²) in [5.41, 5.74) is 0.326. The molecule has 0 heterocycles. The lowest BCUT2D eigenvalue weighted by Gasteiger charge is -2.08. The second-order valence-electron chi connectivity index (χ2n) is 3.94. The third-order valence-electron chi connectivity index (χ3n) is 2.04. The zero-order valence-corrected chi connectivity index (χ0v) is 11.4. The molecule has 17 heavy (non-hydrogen) atoms. The van der Waals surface area contributed by atoms with Gasteiger partial charge in [0.05, 0.1) is 24.2 Å². The molecule has 6 heteroatoms. The standard InChI is InChI=1S/C11H20O5S/c1-9(2)11(12)16-6-5-15-7-8-17(13,14)10(3)4/h10H,1,5-8H2,2-4H3. The molecule has 0 aliphatic carbocycles. The van der Waals surface area contributed by atoms with Crippen molar-refractivity contribution in [2.45, 2.75) is 26.0 Å². The summed E-state index contributed by atoms with van der Waals surface area (Å²) >= 11 is 0. The molecule has 0 rings (SSSR count). The van der Waals surface area contributed by atoms with Gasteiger partial charge in [-0.1, -0.05) is 6.58 Å². The first-order valence-corrected chi connectivity index (χ1v) is 7.11. The molecule has 0 N–H and O–H groups in total. The van der Waals surface area contributed by atoms with E-state index in [4.69, 9.17) is 9.47 Å². The Bertz CT molecular complexity index is 356. The predicted octanol–water partition coefficient (Wildman–Crippen LogP) is 0.946. The second kappa shape index (κ2) is 7.45. The van der Waals surface area contributed by atoms with Crippen molar-refractivity contribution in [2.75, 3.05) is 25.6 Å². The van der Waals surface area contributed by atoms with Crippen molar-refractivity contribution in [3.8, 4) is 0 Å². The Hall–Kier alpha value is -0.880. The van der Waals surface area contributed by atoms with Crippen LogP contribution in [0.4, 0.5) is 0 Å². The van der Waals surface area contributed by atoms with E-state index in [9.17, 15) is 13.2 Å². The van der Waals surface area contributed by atoms with E-state index in [0.29, 0.717) is 5.57 Å². The van der Waals surface area contributed by atoms with E-state index in [0.717, 1.165) is 0 Å². The van der Waals surface area contributed by atoms with Crippen molar-refractivity contribution in [1.29, 1.82) is 0 Å². The Morgan fingerprint density at radius 1 is 1.24 bits per heavy atom. The van der Waals surface area contributed by atoms with Gasteiger partial charge < -0.3 is 9.47 Å². The summed E-state index contributed by atoms with van der Waals surface area (Å²) in [6.45, 7) is 8.65. The fourth-order valence-corrected chi connectivity index (χ4v) is 1.65. The molecule has 0 atom stereocenters. The van der Waals surface area contributed by atoms with Gasteiger partial charge in [-0.25, -0.2) is 13.2 Å². The van der Waals surface area contributed by atoms with Crippen LogP contribution in [0, 0.1) is 0 Å². The summed E-state index contributed by atoms with van der Waals surface area (Å²) in [5, 5.41) is -0.396. The van der Waals surface area contributed by atoms with Crippen molar-refractivity contribution < 1.29 is 22.7 Å². The maximum atomic E-state index is 11.4. The lowest BCUT2D eigenvalue weighted by molar-refractivity contribution is -0.140. The van der Waals surface area contributed by atoms with Crippen molar-refractivity contribution in [3.05, 3.63) is 12.2 Å². The fraction of sp³-hybridized carbons (Fsp3) is 0.727. The summed E-state index contributed by atoms with van der Waals surface area (Å²) in [6, 6.07) is 0. The monoisotopic (exact) mass is 264 g/mol. The number of ether oxygens (including phenoxy) is 2. The Balaban J connectivity index is 3.61. The molecule has 0 aromatic rings. The maximum absolute atomic E-state index is 11.4. The molecule has 0 aliphatic heterocycles. The number of sulfone groups is 1. The molecule has 0 spiro atoms. The highest BCUT2D eigenvalue weighted by molar-refractivity contribution is 7.91. The quantitative estimate of drug-likeness (QED) is 0.371. The van der Waals surface area contributed by atoms with E-state index in [1.165, 1.54) is 0 Å². The van der Waals surface area contributed by atoms with Crippen LogP contribution in [0.15, 0.2) is 12.2 Å². The maximum Gasteiger partial charge on any atom is 0.333 e. The van der Waals surface area contributed by atoms with Crippen LogP contribution in [-0.2, 0) is 24.1 Å². The highest BCUT2D eigenvalue weighted by Gasteiger charge is 2.15. The van der Waals surface area contributed by atoms with Crippen LogP contribution in [0.1, 0.15) is 20.8 Å². The first kappa shape index (κ1) is 16.1. The number of hydrogen-bond acceptors (Lipinski definition) is 5. The van der Waals surface area contributed by atoms with Gasteiger partial charge >= 0.3 is 5.97 Å². The Labute approximate surface area is 103 Å². The van der Waals surface area contributed by atoms with Gasteiger partial charge in [-0.3, -0.25) is 0 Å². The second-order valence-corrected chi connectivity index (χ2v) is 6.62. The Morgan fingerprint density at radius 3 is 2.29 bits per heavy atom. The van der Waals surface area contributed by atoms with Gasteiger partial charge in [0.15, 0.2) is 9.84 Å². The molecule has 0 unspecified atom stereocenters. The molecular weight excluding hydrogens is 244 g/mol. The van der Waals surface area contributed by atoms with Crippen molar-refractivity contribution in [3.63, 3.8) is 0 Å². The zero-order valence-electron chi connectivity index (χ0n) is 10.6. The summed E-state index contributed by atoms with van der Waals surface area (Å²) in [7, 11) is -3.06. The average molecular weight is 264 g/mol. The summed E-state index contributed by atoms with van der Waals surface area (Å²) in [6.07, 6.45) is 0. The largest absolute Gasteiger partial charge is 0.460 e. The Morgan fingerprint density at radius 2 is 1.82 bits per heavy atom. The predicted molar refractivity (Wildman–Crippen MR) is 65.5 cm³/mol. The van der Waals surface area contributed by atoms with Gasteiger partial charge in [-0.05, 0) is 20.8 Å². The summed E-state index contributed by atoms with van der Waals surface area (Å²) in [5.74, 6) is -0.484. The van der Waals surface area contributed by atoms with E-state index in [1.54, 1.807) is 20.8 Å². The number of esters is 1. The molecule has 5 nitrogen and oxygen atoms in total. The van der Waals surface area contributed by atoms with Crippen LogP contribution in [0.25, 0.3) is 0 Å². The normalized spacial score (nSPS) is 11.5. The van der Waals surface area contributed by atoms with Crippen LogP contribution in [0.5, 0.6) is 0 Å². The Kier molecular flexibility index (Phi) is 7.06.